The predicted octanol–water partition coefficient (Wildman–Crippen LogP) is 1.84. The summed E-state index contributed by atoms with van der Waals surface area (Å²) in [6.07, 6.45) is 1.76. The fourth-order valence-corrected chi connectivity index (χ4v) is 2.59. The van der Waals surface area contributed by atoms with E-state index in [0.717, 1.165) is 16.0 Å². The average molecular weight is 245 g/mol. The second-order valence-corrected chi connectivity index (χ2v) is 4.82. The van der Waals surface area contributed by atoms with Gasteiger partial charge in [-0.2, -0.15) is 0 Å². The third-order valence-electron chi connectivity index (χ3n) is 2.83. The lowest BCUT2D eigenvalue weighted by atomic mass is 10.3. The summed E-state index contributed by atoms with van der Waals surface area (Å²) in [5.41, 5.74) is 1.91. The van der Waals surface area contributed by atoms with Crippen LogP contribution in [-0.4, -0.2) is 14.1 Å². The van der Waals surface area contributed by atoms with Crippen LogP contribution in [0, 0.1) is 0 Å². The predicted molar refractivity (Wildman–Crippen MR) is 68.4 cm³/mol. The van der Waals surface area contributed by atoms with Crippen molar-refractivity contribution in [3.05, 3.63) is 51.3 Å². The van der Waals surface area contributed by atoms with Gasteiger partial charge in [-0.15, -0.1) is 11.3 Å². The number of thiazole rings is 1. The van der Waals surface area contributed by atoms with Gasteiger partial charge in [0.2, 0.25) is 0 Å². The van der Waals surface area contributed by atoms with Gasteiger partial charge in [0.1, 0.15) is 5.01 Å². The third kappa shape index (κ3) is 1.59. The zero-order chi connectivity index (χ0) is 11.8. The van der Waals surface area contributed by atoms with Crippen molar-refractivity contribution < 1.29 is 0 Å². The molecular weight excluding hydrogens is 234 g/mol. The van der Waals surface area contributed by atoms with Gasteiger partial charge in [0.05, 0.1) is 17.6 Å². The van der Waals surface area contributed by atoms with Crippen molar-refractivity contribution in [1.29, 1.82) is 0 Å². The molecule has 2 heterocycles. The number of hydrogen-bond acceptors (Lipinski definition) is 3. The molecule has 0 aliphatic heterocycles. The first kappa shape index (κ1) is 10.3. The second kappa shape index (κ2) is 3.85. The Labute approximate surface area is 102 Å². The maximum absolute atomic E-state index is 12.1. The highest BCUT2D eigenvalue weighted by Gasteiger charge is 2.10. The fourth-order valence-electron chi connectivity index (χ4n) is 1.98. The Bertz CT molecular complexity index is 709. The van der Waals surface area contributed by atoms with Gasteiger partial charge in [-0.25, -0.2) is 9.78 Å². The van der Waals surface area contributed by atoms with Crippen molar-refractivity contribution in [3.63, 3.8) is 0 Å². The van der Waals surface area contributed by atoms with Crippen LogP contribution < -0.4 is 5.69 Å². The van der Waals surface area contributed by atoms with Gasteiger partial charge in [0.25, 0.3) is 0 Å². The minimum Gasteiger partial charge on any atom is -0.295 e. The Morgan fingerprint density at radius 3 is 2.76 bits per heavy atom. The first-order valence-electron chi connectivity index (χ1n) is 5.30. The van der Waals surface area contributed by atoms with Crippen LogP contribution in [0.1, 0.15) is 5.01 Å². The molecule has 86 valence electrons. The minimum absolute atomic E-state index is 0.00130. The molecule has 4 nitrogen and oxygen atoms in total. The van der Waals surface area contributed by atoms with E-state index in [4.69, 9.17) is 0 Å². The SMILES string of the molecule is Cn1c(=O)n(Cc2nccs2)c2ccccc21. The highest BCUT2D eigenvalue weighted by Crippen LogP contribution is 2.14. The van der Waals surface area contributed by atoms with E-state index in [1.165, 1.54) is 0 Å². The molecule has 3 rings (SSSR count). The molecule has 0 saturated carbocycles. The molecule has 0 N–H and O–H groups in total. The van der Waals surface area contributed by atoms with E-state index in [-0.39, 0.29) is 5.69 Å². The maximum Gasteiger partial charge on any atom is 0.329 e. The number of rotatable bonds is 2. The molecule has 2 aromatic heterocycles. The highest BCUT2D eigenvalue weighted by atomic mass is 32.1. The van der Waals surface area contributed by atoms with Gasteiger partial charge in [0.15, 0.2) is 0 Å². The molecule has 0 saturated heterocycles. The van der Waals surface area contributed by atoms with Crippen LogP contribution in [0.3, 0.4) is 0 Å². The van der Waals surface area contributed by atoms with Crippen LogP contribution >= 0.6 is 11.3 Å². The zero-order valence-corrected chi connectivity index (χ0v) is 10.1. The van der Waals surface area contributed by atoms with Crippen molar-refractivity contribution in [2.45, 2.75) is 6.54 Å². The summed E-state index contributed by atoms with van der Waals surface area (Å²) in [6.45, 7) is 0.540. The maximum atomic E-state index is 12.1. The van der Waals surface area contributed by atoms with Crippen LogP contribution in [0.25, 0.3) is 11.0 Å². The Balaban J connectivity index is 2.22. The van der Waals surface area contributed by atoms with Crippen LogP contribution in [-0.2, 0) is 13.6 Å². The molecule has 17 heavy (non-hydrogen) atoms. The standard InChI is InChI=1S/C12H11N3OS/c1-14-9-4-2-3-5-10(9)15(12(14)16)8-11-13-6-7-17-11/h2-7H,8H2,1H3. The van der Waals surface area contributed by atoms with Gasteiger partial charge >= 0.3 is 5.69 Å². The third-order valence-corrected chi connectivity index (χ3v) is 3.59. The summed E-state index contributed by atoms with van der Waals surface area (Å²) < 4.78 is 3.43. The number of fused-ring (bicyclic) bond motifs is 1. The molecule has 1 aromatic carbocycles. The Kier molecular flexibility index (Phi) is 2.33. The van der Waals surface area contributed by atoms with E-state index in [0.29, 0.717) is 6.54 Å². The monoisotopic (exact) mass is 245 g/mol. The zero-order valence-electron chi connectivity index (χ0n) is 9.33. The molecule has 3 aromatic rings. The molecule has 0 amide bonds. The van der Waals surface area contributed by atoms with E-state index < -0.39 is 0 Å². The molecule has 0 spiro atoms. The largest absolute Gasteiger partial charge is 0.329 e. The normalized spacial score (nSPS) is 11.1. The first-order chi connectivity index (χ1) is 8.27. The van der Waals surface area contributed by atoms with Crippen molar-refractivity contribution in [1.82, 2.24) is 14.1 Å². The van der Waals surface area contributed by atoms with Crippen LogP contribution in [0.5, 0.6) is 0 Å². The van der Waals surface area contributed by atoms with Crippen LogP contribution in [0.2, 0.25) is 0 Å². The number of imidazole rings is 1. The Morgan fingerprint density at radius 1 is 1.29 bits per heavy atom. The van der Waals surface area contributed by atoms with Crippen molar-refractivity contribution in [2.75, 3.05) is 0 Å². The Hall–Kier alpha value is -1.88. The summed E-state index contributed by atoms with van der Waals surface area (Å²) in [4.78, 5) is 16.3. The van der Waals surface area contributed by atoms with Crippen LogP contribution in [0.15, 0.2) is 40.6 Å². The molecule has 0 bridgehead atoms. The molecule has 0 unspecified atom stereocenters. The first-order valence-corrected chi connectivity index (χ1v) is 6.18. The summed E-state index contributed by atoms with van der Waals surface area (Å²) in [5, 5.41) is 2.87. The lowest BCUT2D eigenvalue weighted by Gasteiger charge is -1.99. The van der Waals surface area contributed by atoms with E-state index in [9.17, 15) is 4.79 Å². The summed E-state index contributed by atoms with van der Waals surface area (Å²) >= 11 is 1.56. The molecule has 0 aliphatic carbocycles. The Morgan fingerprint density at radius 2 is 2.06 bits per heavy atom. The van der Waals surface area contributed by atoms with Crippen molar-refractivity contribution in [2.24, 2.45) is 7.05 Å². The minimum atomic E-state index is 0.00130. The fraction of sp³-hybridized carbons (Fsp3) is 0.167. The van der Waals surface area contributed by atoms with Crippen molar-refractivity contribution in [3.8, 4) is 0 Å². The number of nitrogens with zero attached hydrogens (tertiary/aromatic N) is 3. The molecular formula is C12H11N3OS. The average Bonchev–Trinajstić information content (AvgIpc) is 2.94. The van der Waals surface area contributed by atoms with E-state index in [2.05, 4.69) is 4.98 Å². The van der Waals surface area contributed by atoms with E-state index in [1.54, 1.807) is 33.7 Å². The smallest absolute Gasteiger partial charge is 0.295 e. The van der Waals surface area contributed by atoms with Gasteiger partial charge in [-0.1, -0.05) is 12.1 Å². The highest BCUT2D eigenvalue weighted by molar-refractivity contribution is 7.09. The van der Waals surface area contributed by atoms with Crippen LogP contribution in [0.4, 0.5) is 0 Å². The number of hydrogen-bond donors (Lipinski definition) is 0. The molecule has 0 aliphatic rings. The quantitative estimate of drug-likeness (QED) is 0.691. The summed E-state index contributed by atoms with van der Waals surface area (Å²) in [7, 11) is 1.79. The van der Waals surface area contributed by atoms with Gasteiger partial charge in [0, 0.05) is 18.6 Å². The lowest BCUT2D eigenvalue weighted by Crippen LogP contribution is -2.22. The van der Waals surface area contributed by atoms with Gasteiger partial charge in [-0.05, 0) is 12.1 Å². The number of aromatic nitrogens is 3. The summed E-state index contributed by atoms with van der Waals surface area (Å²) in [6, 6.07) is 7.80. The number of aryl methyl sites for hydroxylation is 1. The number of benzene rings is 1. The molecule has 0 fully saturated rings. The van der Waals surface area contributed by atoms with E-state index >= 15 is 0 Å². The lowest BCUT2D eigenvalue weighted by molar-refractivity contribution is 0.732. The van der Waals surface area contributed by atoms with Crippen molar-refractivity contribution >= 4 is 22.4 Å². The van der Waals surface area contributed by atoms with Gasteiger partial charge in [-0.3, -0.25) is 9.13 Å². The second-order valence-electron chi connectivity index (χ2n) is 3.84. The molecule has 0 atom stereocenters. The van der Waals surface area contributed by atoms with E-state index in [1.807, 2.05) is 29.6 Å². The molecule has 0 radical (unpaired) electrons. The number of para-hydroxylation sites is 2. The molecule has 5 heteroatoms. The topological polar surface area (TPSA) is 39.8 Å². The van der Waals surface area contributed by atoms with Gasteiger partial charge < -0.3 is 0 Å². The summed E-state index contributed by atoms with van der Waals surface area (Å²) in [5.74, 6) is 0.